The molecule has 2 heterocycles. The SMILES string of the molecule is C1=Nc2cccc3ncnc1c23. The van der Waals surface area contributed by atoms with E-state index in [0.29, 0.717) is 0 Å². The highest BCUT2D eigenvalue weighted by Crippen LogP contribution is 2.29. The van der Waals surface area contributed by atoms with Crippen LogP contribution in [0.25, 0.3) is 10.9 Å². The van der Waals surface area contributed by atoms with Gasteiger partial charge in [-0.3, -0.25) is 4.99 Å². The molecule has 0 saturated carbocycles. The van der Waals surface area contributed by atoms with Crippen molar-refractivity contribution in [1.82, 2.24) is 9.97 Å². The van der Waals surface area contributed by atoms with Crippen molar-refractivity contribution in [3.8, 4) is 0 Å². The van der Waals surface area contributed by atoms with E-state index < -0.39 is 0 Å². The predicted molar refractivity (Wildman–Crippen MR) is 46.8 cm³/mol. The molecule has 0 fully saturated rings. The summed E-state index contributed by atoms with van der Waals surface area (Å²) >= 11 is 0. The standard InChI is InChI=1S/C9H5N3/c1-2-6-9-7(3-1)11-5-12-8(9)4-10-6/h1-5H. The first-order chi connectivity index (χ1) is 5.95. The van der Waals surface area contributed by atoms with Gasteiger partial charge in [-0.25, -0.2) is 9.97 Å². The Balaban J connectivity index is 2.64. The summed E-state index contributed by atoms with van der Waals surface area (Å²) < 4.78 is 0. The second-order valence-corrected chi connectivity index (χ2v) is 2.69. The third-order valence-corrected chi connectivity index (χ3v) is 2.00. The van der Waals surface area contributed by atoms with Gasteiger partial charge in [0.15, 0.2) is 0 Å². The van der Waals surface area contributed by atoms with E-state index in [4.69, 9.17) is 0 Å². The van der Waals surface area contributed by atoms with Gasteiger partial charge in [0.2, 0.25) is 0 Å². The van der Waals surface area contributed by atoms with Crippen molar-refractivity contribution in [2.45, 2.75) is 0 Å². The average molecular weight is 155 g/mol. The molecule has 0 amide bonds. The first-order valence-electron chi connectivity index (χ1n) is 3.73. The summed E-state index contributed by atoms with van der Waals surface area (Å²) in [5, 5.41) is 1.07. The molecule has 12 heavy (non-hydrogen) atoms. The Morgan fingerprint density at radius 3 is 3.08 bits per heavy atom. The molecule has 0 radical (unpaired) electrons. The lowest BCUT2D eigenvalue weighted by Crippen LogP contribution is -1.86. The summed E-state index contributed by atoms with van der Waals surface area (Å²) in [7, 11) is 0. The quantitative estimate of drug-likeness (QED) is 0.495. The summed E-state index contributed by atoms with van der Waals surface area (Å²) in [6, 6.07) is 5.90. The van der Waals surface area contributed by atoms with Gasteiger partial charge in [0.05, 0.1) is 28.5 Å². The Bertz CT molecular complexity index is 447. The maximum absolute atomic E-state index is 4.22. The van der Waals surface area contributed by atoms with E-state index in [0.717, 1.165) is 22.3 Å². The molecule has 1 aliphatic rings. The number of rotatable bonds is 0. The fraction of sp³-hybridized carbons (Fsp3) is 0. The molecule has 1 aromatic heterocycles. The fourth-order valence-electron chi connectivity index (χ4n) is 1.45. The van der Waals surface area contributed by atoms with E-state index in [1.807, 2.05) is 18.2 Å². The lowest BCUT2D eigenvalue weighted by molar-refractivity contribution is 1.22. The topological polar surface area (TPSA) is 38.1 Å². The van der Waals surface area contributed by atoms with Crippen molar-refractivity contribution < 1.29 is 0 Å². The first kappa shape index (κ1) is 5.83. The molecule has 3 heteroatoms. The smallest absolute Gasteiger partial charge is 0.116 e. The normalized spacial score (nSPS) is 12.7. The Kier molecular flexibility index (Phi) is 0.913. The van der Waals surface area contributed by atoms with Crippen LogP contribution in [0, 0.1) is 0 Å². The molecule has 0 unspecified atom stereocenters. The van der Waals surface area contributed by atoms with Gasteiger partial charge in [0, 0.05) is 0 Å². The minimum atomic E-state index is 0.926. The zero-order valence-electron chi connectivity index (χ0n) is 6.23. The molecule has 0 aliphatic carbocycles. The molecule has 3 nitrogen and oxygen atoms in total. The van der Waals surface area contributed by atoms with Gasteiger partial charge in [-0.1, -0.05) is 6.07 Å². The molecule has 3 rings (SSSR count). The van der Waals surface area contributed by atoms with Crippen molar-refractivity contribution >= 4 is 22.8 Å². The zero-order chi connectivity index (χ0) is 7.97. The van der Waals surface area contributed by atoms with E-state index in [1.54, 1.807) is 12.5 Å². The van der Waals surface area contributed by atoms with Crippen LogP contribution in [0.3, 0.4) is 0 Å². The third-order valence-electron chi connectivity index (χ3n) is 2.00. The van der Waals surface area contributed by atoms with E-state index in [1.165, 1.54) is 0 Å². The molecule has 56 valence electrons. The monoisotopic (exact) mass is 155 g/mol. The Labute approximate surface area is 68.8 Å². The van der Waals surface area contributed by atoms with Crippen LogP contribution in [-0.2, 0) is 0 Å². The van der Waals surface area contributed by atoms with E-state index in [-0.39, 0.29) is 0 Å². The highest BCUT2D eigenvalue weighted by atomic mass is 14.9. The van der Waals surface area contributed by atoms with E-state index in [9.17, 15) is 0 Å². The van der Waals surface area contributed by atoms with Gasteiger partial charge in [-0.2, -0.15) is 0 Å². The van der Waals surface area contributed by atoms with Gasteiger partial charge in [0.1, 0.15) is 6.33 Å². The van der Waals surface area contributed by atoms with E-state index >= 15 is 0 Å². The van der Waals surface area contributed by atoms with Crippen LogP contribution in [0.2, 0.25) is 0 Å². The van der Waals surface area contributed by atoms with Gasteiger partial charge in [-0.05, 0) is 12.1 Å². The summed E-state index contributed by atoms with van der Waals surface area (Å²) in [4.78, 5) is 12.5. The maximum Gasteiger partial charge on any atom is 0.116 e. The van der Waals surface area contributed by atoms with Crippen molar-refractivity contribution in [3.63, 3.8) is 0 Å². The number of hydrogen-bond acceptors (Lipinski definition) is 3. The van der Waals surface area contributed by atoms with Crippen molar-refractivity contribution in [2.24, 2.45) is 4.99 Å². The number of aliphatic imine (C=N–C) groups is 1. The molecule has 0 N–H and O–H groups in total. The number of benzene rings is 1. The van der Waals surface area contributed by atoms with Crippen molar-refractivity contribution in [3.05, 3.63) is 30.2 Å². The minimum Gasteiger partial charge on any atom is -0.254 e. The van der Waals surface area contributed by atoms with Crippen LogP contribution in [0.1, 0.15) is 5.69 Å². The fourth-order valence-corrected chi connectivity index (χ4v) is 1.45. The lowest BCUT2D eigenvalue weighted by Gasteiger charge is -1.96. The second-order valence-electron chi connectivity index (χ2n) is 2.69. The van der Waals surface area contributed by atoms with Crippen molar-refractivity contribution in [2.75, 3.05) is 0 Å². The number of hydrogen-bond donors (Lipinski definition) is 0. The molecule has 0 saturated heterocycles. The van der Waals surface area contributed by atoms with Crippen LogP contribution >= 0.6 is 0 Å². The minimum absolute atomic E-state index is 0.926. The van der Waals surface area contributed by atoms with Gasteiger partial charge in [0.25, 0.3) is 0 Å². The van der Waals surface area contributed by atoms with Gasteiger partial charge in [-0.15, -0.1) is 0 Å². The molecule has 0 atom stereocenters. The Hall–Kier alpha value is -1.77. The van der Waals surface area contributed by atoms with Crippen molar-refractivity contribution in [1.29, 1.82) is 0 Å². The molecular formula is C9H5N3. The molecule has 0 spiro atoms. The number of aromatic nitrogens is 2. The van der Waals surface area contributed by atoms with Crippen LogP contribution in [0.5, 0.6) is 0 Å². The highest BCUT2D eigenvalue weighted by molar-refractivity contribution is 6.08. The largest absolute Gasteiger partial charge is 0.254 e. The van der Waals surface area contributed by atoms with Crippen LogP contribution in [0.15, 0.2) is 29.5 Å². The maximum atomic E-state index is 4.22. The zero-order valence-corrected chi connectivity index (χ0v) is 6.23. The lowest BCUT2D eigenvalue weighted by atomic mass is 10.2. The highest BCUT2D eigenvalue weighted by Gasteiger charge is 2.10. The molecule has 1 aliphatic heterocycles. The molecular weight excluding hydrogens is 150 g/mol. The van der Waals surface area contributed by atoms with Crippen LogP contribution in [-0.4, -0.2) is 16.2 Å². The average Bonchev–Trinajstić information content (AvgIpc) is 2.52. The van der Waals surface area contributed by atoms with Gasteiger partial charge >= 0.3 is 0 Å². The van der Waals surface area contributed by atoms with Crippen LogP contribution < -0.4 is 0 Å². The number of nitrogens with zero attached hydrogens (tertiary/aromatic N) is 3. The van der Waals surface area contributed by atoms with Gasteiger partial charge < -0.3 is 0 Å². The predicted octanol–water partition coefficient (Wildman–Crippen LogP) is 1.69. The summed E-state index contributed by atoms with van der Waals surface area (Å²) in [6.07, 6.45) is 3.35. The molecule has 1 aromatic carbocycles. The molecule has 0 bridgehead atoms. The second kappa shape index (κ2) is 1.88. The van der Waals surface area contributed by atoms with Crippen LogP contribution in [0.4, 0.5) is 5.69 Å². The summed E-state index contributed by atoms with van der Waals surface area (Å²) in [6.45, 7) is 0. The Morgan fingerprint density at radius 2 is 2.08 bits per heavy atom. The summed E-state index contributed by atoms with van der Waals surface area (Å²) in [5.41, 5.74) is 2.87. The molecule has 2 aromatic rings. The summed E-state index contributed by atoms with van der Waals surface area (Å²) in [5.74, 6) is 0. The van der Waals surface area contributed by atoms with E-state index in [2.05, 4.69) is 15.0 Å². The third kappa shape index (κ3) is 0.580. The Morgan fingerprint density at radius 1 is 1.08 bits per heavy atom. The first-order valence-corrected chi connectivity index (χ1v) is 3.73.